The van der Waals surface area contributed by atoms with E-state index in [1.807, 2.05) is 41.0 Å². The van der Waals surface area contributed by atoms with Crippen molar-refractivity contribution in [2.75, 3.05) is 33.2 Å². The molecule has 1 aliphatic carbocycles. The van der Waals surface area contributed by atoms with Crippen molar-refractivity contribution in [2.45, 2.75) is 44.6 Å². The lowest BCUT2D eigenvalue weighted by atomic mass is 9.93. The Morgan fingerprint density at radius 3 is 2.21 bits per heavy atom. The lowest BCUT2D eigenvalue weighted by Crippen LogP contribution is -2.46. The van der Waals surface area contributed by atoms with Crippen LogP contribution < -0.4 is 4.74 Å². The summed E-state index contributed by atoms with van der Waals surface area (Å²) in [6.07, 6.45) is 2.62. The lowest BCUT2D eigenvalue weighted by Gasteiger charge is -2.34. The molecule has 2 aromatic rings. The van der Waals surface area contributed by atoms with E-state index in [1.54, 1.807) is 7.05 Å². The monoisotopic (exact) mass is 541 g/mol. The van der Waals surface area contributed by atoms with Gasteiger partial charge in [-0.3, -0.25) is 9.59 Å². The van der Waals surface area contributed by atoms with Crippen molar-refractivity contribution in [2.24, 2.45) is 11.3 Å². The fourth-order valence-corrected chi connectivity index (χ4v) is 5.70. The average Bonchev–Trinajstić information content (AvgIpc) is 3.52. The van der Waals surface area contributed by atoms with Gasteiger partial charge in [0.1, 0.15) is 11.6 Å². The number of rotatable bonds is 5. The van der Waals surface area contributed by atoms with Gasteiger partial charge < -0.3 is 19.4 Å². The normalized spacial score (nSPS) is 22.7. The molecule has 3 amide bonds. The van der Waals surface area contributed by atoms with Gasteiger partial charge in [-0.25, -0.2) is 9.18 Å². The SMILES string of the molecule is CN(C(=O)Oc1ccc(F)cc1)[C@@H]1CN(C(=O)C2CCN(C(=O)C3(C)CC3)CC2)C[C@H]1c1ccc(Cl)cc1. The van der Waals surface area contributed by atoms with Crippen LogP contribution in [-0.2, 0) is 9.59 Å². The van der Waals surface area contributed by atoms with Gasteiger partial charge in [0, 0.05) is 55.5 Å². The van der Waals surface area contributed by atoms with Crippen molar-refractivity contribution in [1.82, 2.24) is 14.7 Å². The van der Waals surface area contributed by atoms with Gasteiger partial charge in [0.05, 0.1) is 6.04 Å². The molecule has 0 N–H and O–H groups in total. The number of ether oxygens (including phenoxy) is 1. The van der Waals surface area contributed by atoms with Crippen LogP contribution in [0.5, 0.6) is 5.75 Å². The molecule has 2 heterocycles. The number of benzene rings is 2. The first kappa shape index (κ1) is 26.5. The molecule has 5 rings (SSSR count). The Hall–Kier alpha value is -3.13. The predicted molar refractivity (Wildman–Crippen MR) is 141 cm³/mol. The molecule has 2 saturated heterocycles. The third-order valence-electron chi connectivity index (χ3n) is 8.35. The summed E-state index contributed by atoms with van der Waals surface area (Å²) in [4.78, 5) is 44.6. The van der Waals surface area contributed by atoms with Crippen LogP contribution in [0.3, 0.4) is 0 Å². The second-order valence-corrected chi connectivity index (χ2v) is 11.5. The van der Waals surface area contributed by atoms with Gasteiger partial charge in [0.25, 0.3) is 0 Å². The molecule has 0 spiro atoms. The van der Waals surface area contributed by atoms with Crippen LogP contribution in [0.1, 0.15) is 44.1 Å². The number of carbonyl (C=O) groups excluding carboxylic acids is 3. The molecule has 202 valence electrons. The summed E-state index contributed by atoms with van der Waals surface area (Å²) in [6, 6.07) is 12.4. The highest BCUT2D eigenvalue weighted by Crippen LogP contribution is 2.47. The van der Waals surface area contributed by atoms with E-state index in [2.05, 4.69) is 0 Å². The molecule has 2 aliphatic heterocycles. The second kappa shape index (κ2) is 10.6. The van der Waals surface area contributed by atoms with Gasteiger partial charge in [0.15, 0.2) is 0 Å². The molecule has 0 bridgehead atoms. The van der Waals surface area contributed by atoms with Crippen molar-refractivity contribution < 1.29 is 23.5 Å². The zero-order valence-corrected chi connectivity index (χ0v) is 22.5. The number of halogens is 2. The van der Waals surface area contributed by atoms with Crippen LogP contribution in [-0.4, -0.2) is 71.9 Å². The van der Waals surface area contributed by atoms with Crippen molar-refractivity contribution in [3.63, 3.8) is 0 Å². The van der Waals surface area contributed by atoms with Gasteiger partial charge in [0.2, 0.25) is 11.8 Å². The van der Waals surface area contributed by atoms with Crippen molar-refractivity contribution in [1.29, 1.82) is 0 Å². The Balaban J connectivity index is 1.27. The number of carbonyl (C=O) groups is 3. The summed E-state index contributed by atoms with van der Waals surface area (Å²) in [7, 11) is 1.66. The number of hydrogen-bond acceptors (Lipinski definition) is 4. The minimum Gasteiger partial charge on any atom is -0.410 e. The predicted octanol–water partition coefficient (Wildman–Crippen LogP) is 4.94. The summed E-state index contributed by atoms with van der Waals surface area (Å²) in [5.74, 6) is -0.155. The number of hydrogen-bond donors (Lipinski definition) is 0. The zero-order chi connectivity index (χ0) is 27.0. The quantitative estimate of drug-likeness (QED) is 0.537. The summed E-state index contributed by atoms with van der Waals surface area (Å²) in [5.41, 5.74) is 0.784. The minimum absolute atomic E-state index is 0.0662. The Morgan fingerprint density at radius 1 is 0.974 bits per heavy atom. The van der Waals surface area contributed by atoms with E-state index in [-0.39, 0.29) is 40.9 Å². The number of likely N-dealkylation sites (tertiary alicyclic amines) is 2. The molecule has 3 aliphatic rings. The Kier molecular flexibility index (Phi) is 7.36. The van der Waals surface area contributed by atoms with E-state index >= 15 is 0 Å². The maximum Gasteiger partial charge on any atom is 0.415 e. The molecule has 1 saturated carbocycles. The number of nitrogens with zero attached hydrogens (tertiary/aromatic N) is 3. The van der Waals surface area contributed by atoms with E-state index < -0.39 is 11.9 Å². The molecule has 2 atom stereocenters. The van der Waals surface area contributed by atoms with Gasteiger partial charge in [-0.05, 0) is 67.6 Å². The second-order valence-electron chi connectivity index (χ2n) is 11.0. The van der Waals surface area contributed by atoms with E-state index in [4.69, 9.17) is 16.3 Å². The molecule has 2 aromatic carbocycles. The van der Waals surface area contributed by atoms with Crippen molar-refractivity contribution >= 4 is 29.5 Å². The molecular weight excluding hydrogens is 509 g/mol. The summed E-state index contributed by atoms with van der Waals surface area (Å²) < 4.78 is 18.8. The number of amides is 3. The van der Waals surface area contributed by atoms with Crippen LogP contribution in [0.2, 0.25) is 5.02 Å². The first-order valence-corrected chi connectivity index (χ1v) is 13.6. The van der Waals surface area contributed by atoms with E-state index in [0.717, 1.165) is 18.4 Å². The van der Waals surface area contributed by atoms with Gasteiger partial charge in [-0.2, -0.15) is 0 Å². The highest BCUT2D eigenvalue weighted by Gasteiger charge is 2.48. The Labute approximate surface area is 227 Å². The average molecular weight is 542 g/mol. The van der Waals surface area contributed by atoms with Crippen molar-refractivity contribution in [3.05, 3.63) is 64.9 Å². The van der Waals surface area contributed by atoms with Crippen LogP contribution in [0.25, 0.3) is 0 Å². The fraction of sp³-hybridized carbons (Fsp3) is 0.483. The first-order valence-electron chi connectivity index (χ1n) is 13.2. The number of piperidine rings is 1. The minimum atomic E-state index is -0.574. The van der Waals surface area contributed by atoms with Crippen LogP contribution in [0.15, 0.2) is 48.5 Å². The lowest BCUT2D eigenvalue weighted by molar-refractivity contribution is -0.142. The fourth-order valence-electron chi connectivity index (χ4n) is 5.58. The van der Waals surface area contributed by atoms with Crippen LogP contribution in [0, 0.1) is 17.2 Å². The van der Waals surface area contributed by atoms with E-state index in [9.17, 15) is 18.8 Å². The summed E-state index contributed by atoms with van der Waals surface area (Å²) in [6.45, 7) is 4.07. The summed E-state index contributed by atoms with van der Waals surface area (Å²) >= 11 is 6.11. The molecule has 7 nitrogen and oxygen atoms in total. The van der Waals surface area contributed by atoms with E-state index in [0.29, 0.717) is 44.0 Å². The highest BCUT2D eigenvalue weighted by molar-refractivity contribution is 6.30. The van der Waals surface area contributed by atoms with Gasteiger partial charge in [-0.15, -0.1) is 0 Å². The highest BCUT2D eigenvalue weighted by atomic mass is 35.5. The molecule has 3 fully saturated rings. The molecule has 9 heteroatoms. The van der Waals surface area contributed by atoms with Gasteiger partial charge in [-0.1, -0.05) is 30.7 Å². The van der Waals surface area contributed by atoms with Gasteiger partial charge >= 0.3 is 6.09 Å². The number of likely N-dealkylation sites (N-methyl/N-ethyl adjacent to an activating group) is 1. The maximum absolute atomic E-state index is 13.6. The molecule has 0 radical (unpaired) electrons. The van der Waals surface area contributed by atoms with E-state index in [1.165, 1.54) is 29.2 Å². The largest absolute Gasteiger partial charge is 0.415 e. The molecule has 0 unspecified atom stereocenters. The first-order chi connectivity index (χ1) is 18.1. The Morgan fingerprint density at radius 2 is 1.61 bits per heavy atom. The summed E-state index contributed by atoms with van der Waals surface area (Å²) in [5, 5.41) is 0.613. The third kappa shape index (κ3) is 5.51. The van der Waals surface area contributed by atoms with Crippen LogP contribution in [0.4, 0.5) is 9.18 Å². The topological polar surface area (TPSA) is 70.2 Å². The zero-order valence-electron chi connectivity index (χ0n) is 21.7. The van der Waals surface area contributed by atoms with Crippen LogP contribution >= 0.6 is 11.6 Å². The van der Waals surface area contributed by atoms with Crippen molar-refractivity contribution in [3.8, 4) is 5.75 Å². The molecule has 0 aromatic heterocycles. The maximum atomic E-state index is 13.6. The third-order valence-corrected chi connectivity index (χ3v) is 8.60. The molecule has 38 heavy (non-hydrogen) atoms. The smallest absolute Gasteiger partial charge is 0.410 e. The standard InChI is InChI=1S/C29H33ClFN3O4/c1-29(13-14-29)27(36)33-15-11-20(12-16-33)26(35)34-17-24(19-3-5-21(30)6-4-19)25(18-34)32(2)28(37)38-23-9-7-22(31)8-10-23/h3-10,20,24-25H,11-18H2,1-2H3/t24-,25+/m0/s1. The molecular formula is C29H33ClFN3O4. The Bertz CT molecular complexity index is 1190.